The highest BCUT2D eigenvalue weighted by atomic mass is 79.9. The predicted molar refractivity (Wildman–Crippen MR) is 83.7 cm³/mol. The molecule has 0 atom stereocenters. The Morgan fingerprint density at radius 1 is 1.36 bits per heavy atom. The third-order valence-electron chi connectivity index (χ3n) is 2.83. The lowest BCUT2D eigenvalue weighted by molar-refractivity contribution is -0.143. The van der Waals surface area contributed by atoms with Gasteiger partial charge >= 0.3 is 12.0 Å². The minimum Gasteiger partial charge on any atom is -0.506 e. The van der Waals surface area contributed by atoms with Crippen LogP contribution in [0.25, 0.3) is 6.08 Å². The molecule has 1 aromatic carbocycles. The van der Waals surface area contributed by atoms with Crippen molar-refractivity contribution in [3.63, 3.8) is 0 Å². The molecule has 22 heavy (non-hydrogen) atoms. The average Bonchev–Trinajstić information content (AvgIpc) is 2.72. The van der Waals surface area contributed by atoms with Crippen molar-refractivity contribution < 1.29 is 24.2 Å². The number of aromatic hydroxyl groups is 1. The van der Waals surface area contributed by atoms with Crippen molar-refractivity contribution in [2.45, 2.75) is 0 Å². The van der Waals surface area contributed by atoms with Gasteiger partial charge in [-0.25, -0.2) is 9.69 Å². The van der Waals surface area contributed by atoms with Gasteiger partial charge in [0.05, 0.1) is 16.1 Å². The molecule has 2 N–H and O–H groups in total. The van der Waals surface area contributed by atoms with Crippen molar-refractivity contribution in [1.29, 1.82) is 0 Å². The number of phenols is 1. The number of hydrogen-bond acceptors (Lipinski definition) is 5. The maximum Gasteiger partial charge on any atom is 0.329 e. The van der Waals surface area contributed by atoms with E-state index in [2.05, 4.69) is 41.9 Å². The number of nitrogens with one attached hydrogen (secondary N) is 1. The molecule has 7 nitrogen and oxygen atoms in total. The van der Waals surface area contributed by atoms with E-state index >= 15 is 0 Å². The highest BCUT2D eigenvalue weighted by Crippen LogP contribution is 2.34. The van der Waals surface area contributed by atoms with Gasteiger partial charge in [0.25, 0.3) is 5.91 Å². The summed E-state index contributed by atoms with van der Waals surface area (Å²) < 4.78 is 5.29. The van der Waals surface area contributed by atoms with Crippen LogP contribution in [-0.4, -0.2) is 41.6 Å². The van der Waals surface area contributed by atoms with Gasteiger partial charge in [-0.2, -0.15) is 0 Å². The predicted octanol–water partition coefficient (Wildman–Crippen LogP) is 1.98. The number of carbonyl (C=O) groups excluding carboxylic acids is 3. The van der Waals surface area contributed by atoms with Crippen LogP contribution >= 0.6 is 31.9 Å². The maximum atomic E-state index is 12.1. The van der Waals surface area contributed by atoms with Crippen LogP contribution in [0, 0.1) is 0 Å². The van der Waals surface area contributed by atoms with E-state index in [1.165, 1.54) is 13.2 Å². The zero-order chi connectivity index (χ0) is 16.4. The number of carbonyl (C=O) groups is 3. The van der Waals surface area contributed by atoms with Crippen molar-refractivity contribution in [3.05, 3.63) is 32.3 Å². The number of imide groups is 1. The van der Waals surface area contributed by atoms with Crippen LogP contribution in [0.4, 0.5) is 4.79 Å². The first kappa shape index (κ1) is 16.5. The van der Waals surface area contributed by atoms with Crippen LogP contribution in [0.5, 0.6) is 5.75 Å². The molecule has 1 heterocycles. The van der Waals surface area contributed by atoms with E-state index in [1.807, 2.05) is 0 Å². The fraction of sp³-hybridized carbons (Fsp3) is 0.154. The second kappa shape index (κ2) is 6.49. The number of nitrogens with zero attached hydrogens (tertiary/aromatic N) is 1. The molecule has 1 aromatic rings. The van der Waals surface area contributed by atoms with E-state index in [-0.39, 0.29) is 11.4 Å². The molecule has 9 heteroatoms. The summed E-state index contributed by atoms with van der Waals surface area (Å²) in [5, 5.41) is 12.0. The second-order valence-corrected chi connectivity index (χ2v) is 6.00. The summed E-state index contributed by atoms with van der Waals surface area (Å²) in [4.78, 5) is 35.8. The van der Waals surface area contributed by atoms with Crippen molar-refractivity contribution in [1.82, 2.24) is 10.2 Å². The molecule has 1 aliphatic heterocycles. The monoisotopic (exact) mass is 432 g/mol. The summed E-state index contributed by atoms with van der Waals surface area (Å²) in [5.74, 6) is -1.30. The lowest BCUT2D eigenvalue weighted by Crippen LogP contribution is -2.36. The van der Waals surface area contributed by atoms with E-state index < -0.39 is 24.5 Å². The highest BCUT2D eigenvalue weighted by molar-refractivity contribution is 9.11. The van der Waals surface area contributed by atoms with Gasteiger partial charge in [0.1, 0.15) is 18.0 Å². The molecule has 3 amide bonds. The van der Waals surface area contributed by atoms with E-state index in [1.54, 1.807) is 12.1 Å². The van der Waals surface area contributed by atoms with Gasteiger partial charge in [-0.3, -0.25) is 9.59 Å². The van der Waals surface area contributed by atoms with E-state index in [4.69, 9.17) is 0 Å². The Hall–Kier alpha value is -1.87. The molecule has 0 unspecified atom stereocenters. The molecule has 1 aliphatic rings. The van der Waals surface area contributed by atoms with E-state index in [9.17, 15) is 19.5 Å². The molecule has 1 saturated heterocycles. The Balaban J connectivity index is 2.28. The number of rotatable bonds is 3. The lowest BCUT2D eigenvalue weighted by Gasteiger charge is -2.09. The number of esters is 1. The SMILES string of the molecule is COC(=O)CN1C(=O)N/C(=C/c2cc(Br)c(O)c(Br)c2)C1=O. The lowest BCUT2D eigenvalue weighted by atomic mass is 10.2. The Morgan fingerprint density at radius 3 is 2.50 bits per heavy atom. The third kappa shape index (κ3) is 3.30. The normalized spacial score (nSPS) is 16.1. The number of halogens is 2. The minimum absolute atomic E-state index is 0.0243. The third-order valence-corrected chi connectivity index (χ3v) is 4.04. The van der Waals surface area contributed by atoms with Gasteiger partial charge in [-0.1, -0.05) is 0 Å². The molecule has 2 rings (SSSR count). The maximum absolute atomic E-state index is 12.1. The molecule has 0 saturated carbocycles. The largest absolute Gasteiger partial charge is 0.506 e. The number of ether oxygens (including phenoxy) is 1. The Morgan fingerprint density at radius 2 is 1.95 bits per heavy atom. The van der Waals surface area contributed by atoms with Crippen LogP contribution in [0.2, 0.25) is 0 Å². The summed E-state index contributed by atoms with van der Waals surface area (Å²) in [6, 6.07) is 2.46. The molecule has 0 bridgehead atoms. The summed E-state index contributed by atoms with van der Waals surface area (Å²) in [6.45, 7) is -0.457. The Labute approximate surface area is 142 Å². The highest BCUT2D eigenvalue weighted by Gasteiger charge is 2.35. The van der Waals surface area contributed by atoms with Gasteiger partial charge in [0.2, 0.25) is 0 Å². The standard InChI is InChI=1S/C13H10Br2N2O5/c1-22-10(18)5-17-12(20)9(16-13(17)21)4-6-2-7(14)11(19)8(15)3-6/h2-4,19H,5H2,1H3,(H,16,21)/b9-4+. The fourth-order valence-corrected chi connectivity index (χ4v) is 2.97. The zero-order valence-electron chi connectivity index (χ0n) is 11.2. The summed E-state index contributed by atoms with van der Waals surface area (Å²) in [5.41, 5.74) is 0.596. The van der Waals surface area contributed by atoms with Crippen LogP contribution in [0.3, 0.4) is 0 Å². The van der Waals surface area contributed by atoms with Gasteiger partial charge in [-0.05, 0) is 55.6 Å². The van der Waals surface area contributed by atoms with E-state index in [0.717, 1.165) is 4.90 Å². The van der Waals surface area contributed by atoms with Crippen LogP contribution < -0.4 is 5.32 Å². The van der Waals surface area contributed by atoms with Crippen molar-refractivity contribution in [3.8, 4) is 5.75 Å². The number of hydrogen-bond donors (Lipinski definition) is 2. The summed E-state index contributed by atoms with van der Waals surface area (Å²) >= 11 is 6.35. The van der Waals surface area contributed by atoms with Crippen molar-refractivity contribution in [2.24, 2.45) is 0 Å². The zero-order valence-corrected chi connectivity index (χ0v) is 14.4. The first-order chi connectivity index (χ1) is 10.3. The number of methoxy groups -OCH3 is 1. The number of urea groups is 1. The fourth-order valence-electron chi connectivity index (χ4n) is 1.74. The second-order valence-electron chi connectivity index (χ2n) is 4.29. The van der Waals surface area contributed by atoms with Crippen LogP contribution in [0.1, 0.15) is 5.56 Å². The molecule has 1 fully saturated rings. The number of phenolic OH excluding ortho intramolecular Hbond substituents is 1. The van der Waals surface area contributed by atoms with Crippen LogP contribution in [0.15, 0.2) is 26.8 Å². The molecule has 0 spiro atoms. The Bertz CT molecular complexity index is 679. The van der Waals surface area contributed by atoms with Crippen molar-refractivity contribution in [2.75, 3.05) is 13.7 Å². The first-order valence-electron chi connectivity index (χ1n) is 5.93. The molecule has 116 valence electrons. The van der Waals surface area contributed by atoms with Gasteiger partial charge < -0.3 is 15.2 Å². The molecule has 0 aromatic heterocycles. The summed E-state index contributed by atoms with van der Waals surface area (Å²) in [7, 11) is 1.17. The molecule has 0 aliphatic carbocycles. The average molecular weight is 434 g/mol. The first-order valence-corrected chi connectivity index (χ1v) is 7.51. The van der Waals surface area contributed by atoms with Gasteiger partial charge in [0.15, 0.2) is 0 Å². The summed E-state index contributed by atoms with van der Waals surface area (Å²) in [6.07, 6.45) is 1.44. The van der Waals surface area contributed by atoms with Gasteiger partial charge in [-0.15, -0.1) is 0 Å². The van der Waals surface area contributed by atoms with Gasteiger partial charge in [0, 0.05) is 0 Å². The topological polar surface area (TPSA) is 95.9 Å². The number of benzene rings is 1. The number of amides is 3. The quantitative estimate of drug-likeness (QED) is 0.431. The molecular weight excluding hydrogens is 424 g/mol. The minimum atomic E-state index is -0.696. The smallest absolute Gasteiger partial charge is 0.329 e. The molecule has 0 radical (unpaired) electrons. The Kier molecular flexibility index (Phi) is 4.87. The van der Waals surface area contributed by atoms with Crippen molar-refractivity contribution >= 4 is 55.8 Å². The van der Waals surface area contributed by atoms with Crippen LogP contribution in [-0.2, 0) is 14.3 Å². The molecular formula is C13H10Br2N2O5. The van der Waals surface area contributed by atoms with E-state index in [0.29, 0.717) is 14.5 Å².